The highest BCUT2D eigenvalue weighted by atomic mass is 19.4. The summed E-state index contributed by atoms with van der Waals surface area (Å²) in [7, 11) is 0. The standard InChI is InChI=1S/C18H16F3N7/c1-10-6-22-14-3-2-13(27-28(10)14)11-7-23-15-12(11)8-24-16(26-15)25-9-17(4-5-17)18(19,20)21/h2-3,6-8H,4-5,9H2,1H3,(H2,23,24,25,26). The molecule has 0 unspecified atom stereocenters. The molecular weight excluding hydrogens is 371 g/mol. The SMILES string of the molecule is Cc1cnc2ccc(-c3c[nH]c4nc(NCC5(C(F)(F)F)CC5)ncc34)nn12. The van der Waals surface area contributed by atoms with Crippen molar-refractivity contribution in [2.45, 2.75) is 25.9 Å². The molecule has 0 amide bonds. The van der Waals surface area contributed by atoms with Crippen LogP contribution in [0.1, 0.15) is 18.5 Å². The Balaban J connectivity index is 1.44. The maximum Gasteiger partial charge on any atom is 0.396 e. The van der Waals surface area contributed by atoms with Crippen LogP contribution < -0.4 is 5.32 Å². The zero-order chi connectivity index (χ0) is 19.5. The predicted octanol–water partition coefficient (Wildman–Crippen LogP) is 3.73. The number of alkyl halides is 3. The number of H-pyrrole nitrogens is 1. The number of anilines is 1. The summed E-state index contributed by atoms with van der Waals surface area (Å²) in [4.78, 5) is 15.8. The van der Waals surface area contributed by atoms with Gasteiger partial charge in [0, 0.05) is 29.9 Å². The van der Waals surface area contributed by atoms with Crippen molar-refractivity contribution in [3.63, 3.8) is 0 Å². The molecule has 4 aromatic heterocycles. The fourth-order valence-corrected chi connectivity index (χ4v) is 3.30. The second-order valence-corrected chi connectivity index (χ2v) is 7.18. The van der Waals surface area contributed by atoms with Crippen molar-refractivity contribution in [3.05, 3.63) is 36.4 Å². The summed E-state index contributed by atoms with van der Waals surface area (Å²) in [6, 6.07) is 3.73. The minimum atomic E-state index is -4.21. The number of hydrogen-bond acceptors (Lipinski definition) is 5. The number of rotatable bonds is 4. The van der Waals surface area contributed by atoms with E-state index in [1.807, 2.05) is 19.1 Å². The number of imidazole rings is 1. The highest BCUT2D eigenvalue weighted by Crippen LogP contribution is 2.57. The summed E-state index contributed by atoms with van der Waals surface area (Å²) >= 11 is 0. The molecule has 1 aliphatic carbocycles. The van der Waals surface area contributed by atoms with Gasteiger partial charge < -0.3 is 10.3 Å². The van der Waals surface area contributed by atoms with E-state index in [0.29, 0.717) is 5.65 Å². The first kappa shape index (κ1) is 17.0. The lowest BCUT2D eigenvalue weighted by Crippen LogP contribution is -2.31. The molecule has 28 heavy (non-hydrogen) atoms. The first-order chi connectivity index (χ1) is 13.4. The van der Waals surface area contributed by atoms with Gasteiger partial charge in [0.2, 0.25) is 5.95 Å². The fraction of sp³-hybridized carbons (Fsp3) is 0.333. The van der Waals surface area contributed by atoms with E-state index >= 15 is 0 Å². The maximum atomic E-state index is 13.1. The van der Waals surface area contributed by atoms with E-state index in [1.54, 1.807) is 23.1 Å². The maximum absolute atomic E-state index is 13.1. The molecule has 7 nitrogen and oxygen atoms in total. The molecule has 2 N–H and O–H groups in total. The molecule has 1 saturated carbocycles. The number of fused-ring (bicyclic) bond motifs is 2. The molecular formula is C18H16F3N7. The molecule has 0 spiro atoms. The Morgan fingerprint density at radius 1 is 1.21 bits per heavy atom. The Bertz CT molecular complexity index is 1190. The van der Waals surface area contributed by atoms with Crippen molar-refractivity contribution in [2.75, 3.05) is 11.9 Å². The first-order valence-corrected chi connectivity index (χ1v) is 8.83. The van der Waals surface area contributed by atoms with Gasteiger partial charge in [-0.2, -0.15) is 23.3 Å². The van der Waals surface area contributed by atoms with Crippen LogP contribution in [0.3, 0.4) is 0 Å². The number of aromatic amines is 1. The van der Waals surface area contributed by atoms with E-state index in [2.05, 4.69) is 30.4 Å². The lowest BCUT2D eigenvalue weighted by Gasteiger charge is -2.19. The summed E-state index contributed by atoms with van der Waals surface area (Å²) < 4.78 is 40.9. The molecule has 1 fully saturated rings. The van der Waals surface area contributed by atoms with Crippen molar-refractivity contribution in [2.24, 2.45) is 5.41 Å². The number of aromatic nitrogens is 6. The number of hydrogen-bond donors (Lipinski definition) is 2. The third-order valence-corrected chi connectivity index (χ3v) is 5.28. The first-order valence-electron chi connectivity index (χ1n) is 8.83. The van der Waals surface area contributed by atoms with E-state index in [4.69, 9.17) is 0 Å². The number of halogens is 3. The molecule has 4 aromatic rings. The predicted molar refractivity (Wildman–Crippen MR) is 96.8 cm³/mol. The molecule has 5 rings (SSSR count). The van der Waals surface area contributed by atoms with E-state index < -0.39 is 11.6 Å². The van der Waals surface area contributed by atoms with Gasteiger partial charge >= 0.3 is 6.18 Å². The van der Waals surface area contributed by atoms with Gasteiger partial charge in [-0.25, -0.2) is 14.5 Å². The van der Waals surface area contributed by atoms with Gasteiger partial charge in [0.1, 0.15) is 5.65 Å². The lowest BCUT2D eigenvalue weighted by atomic mass is 10.1. The van der Waals surface area contributed by atoms with Gasteiger partial charge in [-0.3, -0.25) is 0 Å². The summed E-state index contributed by atoms with van der Waals surface area (Å²) in [6.07, 6.45) is 1.17. The molecule has 144 valence electrons. The van der Waals surface area contributed by atoms with E-state index in [0.717, 1.165) is 28.0 Å². The zero-order valence-electron chi connectivity index (χ0n) is 14.9. The molecule has 0 aromatic carbocycles. The van der Waals surface area contributed by atoms with Crippen LogP contribution >= 0.6 is 0 Å². The van der Waals surface area contributed by atoms with E-state index in [-0.39, 0.29) is 25.3 Å². The second kappa shape index (κ2) is 5.66. The van der Waals surface area contributed by atoms with Crippen molar-refractivity contribution in [3.8, 4) is 11.3 Å². The Morgan fingerprint density at radius 2 is 2.04 bits per heavy atom. The van der Waals surface area contributed by atoms with Crippen LogP contribution in [0, 0.1) is 12.3 Å². The summed E-state index contributed by atoms with van der Waals surface area (Å²) in [5.41, 5.74) is 2.09. The van der Waals surface area contributed by atoms with Crippen LogP contribution in [0.25, 0.3) is 27.9 Å². The van der Waals surface area contributed by atoms with Crippen molar-refractivity contribution in [1.29, 1.82) is 0 Å². The molecule has 0 saturated heterocycles. The average molecular weight is 387 g/mol. The Labute approximate surface area is 157 Å². The van der Waals surface area contributed by atoms with Gasteiger partial charge in [0.15, 0.2) is 5.65 Å². The Morgan fingerprint density at radius 3 is 2.79 bits per heavy atom. The van der Waals surface area contributed by atoms with Crippen LogP contribution in [0.15, 0.2) is 30.7 Å². The lowest BCUT2D eigenvalue weighted by molar-refractivity contribution is -0.182. The van der Waals surface area contributed by atoms with Crippen molar-refractivity contribution in [1.82, 2.24) is 29.5 Å². The van der Waals surface area contributed by atoms with Gasteiger partial charge in [-0.1, -0.05) is 0 Å². The summed E-state index contributed by atoms with van der Waals surface area (Å²) in [5, 5.41) is 8.07. The highest BCUT2D eigenvalue weighted by molar-refractivity contribution is 5.92. The third-order valence-electron chi connectivity index (χ3n) is 5.28. The second-order valence-electron chi connectivity index (χ2n) is 7.18. The van der Waals surface area contributed by atoms with E-state index in [9.17, 15) is 13.2 Å². The largest absolute Gasteiger partial charge is 0.396 e. The molecule has 0 radical (unpaired) electrons. The molecule has 1 aliphatic rings. The highest BCUT2D eigenvalue weighted by Gasteiger charge is 2.62. The topological polar surface area (TPSA) is 83.8 Å². The molecule has 0 aliphatic heterocycles. The Kier molecular flexibility index (Phi) is 3.43. The third kappa shape index (κ3) is 2.59. The van der Waals surface area contributed by atoms with Crippen LogP contribution in [-0.2, 0) is 0 Å². The van der Waals surface area contributed by atoms with Crippen LogP contribution in [0.4, 0.5) is 19.1 Å². The monoisotopic (exact) mass is 387 g/mol. The normalized spacial score (nSPS) is 16.0. The molecule has 0 atom stereocenters. The van der Waals surface area contributed by atoms with Gasteiger partial charge in [0.05, 0.1) is 23.0 Å². The molecule has 4 heterocycles. The molecule has 0 bridgehead atoms. The van der Waals surface area contributed by atoms with Crippen LogP contribution in [-0.4, -0.2) is 42.3 Å². The zero-order valence-corrected chi connectivity index (χ0v) is 14.9. The minimum Gasteiger partial charge on any atom is -0.353 e. The van der Waals surface area contributed by atoms with Gasteiger partial charge in [0.25, 0.3) is 0 Å². The number of nitrogens with one attached hydrogen (secondary N) is 2. The number of nitrogens with zero attached hydrogens (tertiary/aromatic N) is 5. The average Bonchev–Trinajstić information content (AvgIpc) is 3.24. The van der Waals surface area contributed by atoms with E-state index in [1.165, 1.54) is 0 Å². The van der Waals surface area contributed by atoms with Crippen LogP contribution in [0.5, 0.6) is 0 Å². The number of aryl methyl sites for hydroxylation is 1. The van der Waals surface area contributed by atoms with Crippen molar-refractivity contribution < 1.29 is 13.2 Å². The van der Waals surface area contributed by atoms with Gasteiger partial charge in [-0.05, 0) is 31.9 Å². The van der Waals surface area contributed by atoms with Crippen LogP contribution in [0.2, 0.25) is 0 Å². The fourth-order valence-electron chi connectivity index (χ4n) is 3.30. The quantitative estimate of drug-likeness (QED) is 0.557. The minimum absolute atomic E-state index is 0.139. The smallest absolute Gasteiger partial charge is 0.353 e. The van der Waals surface area contributed by atoms with Crippen molar-refractivity contribution >= 4 is 22.6 Å². The van der Waals surface area contributed by atoms with Gasteiger partial charge in [-0.15, -0.1) is 0 Å². The molecule has 10 heteroatoms. The Hall–Kier alpha value is -3.17. The summed E-state index contributed by atoms with van der Waals surface area (Å²) in [6.45, 7) is 1.70. The summed E-state index contributed by atoms with van der Waals surface area (Å²) in [5.74, 6) is 0.172.